The summed E-state index contributed by atoms with van der Waals surface area (Å²) in [6, 6.07) is 0. The van der Waals surface area contributed by atoms with Gasteiger partial charge in [-0.2, -0.15) is 0 Å². The highest BCUT2D eigenvalue weighted by atomic mass is 16.2. The van der Waals surface area contributed by atoms with Crippen molar-refractivity contribution >= 4 is 11.7 Å². The topological polar surface area (TPSA) is 72.1 Å². The molecule has 1 fully saturated rings. The lowest BCUT2D eigenvalue weighted by Crippen LogP contribution is -2.39. The maximum Gasteiger partial charge on any atom is 0.274 e. The number of amides is 1. The molecule has 0 bridgehead atoms. The molecular weight excluding hydrogens is 228 g/mol. The van der Waals surface area contributed by atoms with E-state index in [1.54, 1.807) is 0 Å². The predicted molar refractivity (Wildman–Crippen MR) is 69.9 cm³/mol. The van der Waals surface area contributed by atoms with E-state index in [1.165, 1.54) is 12.4 Å². The average molecular weight is 248 g/mol. The number of hydrogen-bond donors (Lipinski definition) is 1. The Bertz CT molecular complexity index is 425. The number of aromatic nitrogens is 2. The van der Waals surface area contributed by atoms with Crippen molar-refractivity contribution in [2.24, 2.45) is 11.8 Å². The van der Waals surface area contributed by atoms with Crippen molar-refractivity contribution in [3.05, 3.63) is 18.1 Å². The number of carbonyl (C=O) groups excluding carboxylic acids is 1. The number of nitrogen functional groups attached to an aromatic ring is 1. The van der Waals surface area contributed by atoms with Gasteiger partial charge in [0.15, 0.2) is 0 Å². The quantitative estimate of drug-likeness (QED) is 0.862. The third kappa shape index (κ3) is 2.78. The number of nitrogens with zero attached hydrogens (tertiary/aromatic N) is 3. The van der Waals surface area contributed by atoms with Crippen molar-refractivity contribution in [2.75, 3.05) is 18.8 Å². The molecule has 1 aliphatic rings. The van der Waals surface area contributed by atoms with Crippen molar-refractivity contribution in [3.8, 4) is 0 Å². The molecule has 5 heteroatoms. The van der Waals surface area contributed by atoms with Gasteiger partial charge < -0.3 is 10.6 Å². The monoisotopic (exact) mass is 248 g/mol. The molecule has 1 aliphatic heterocycles. The molecule has 0 aromatic carbocycles. The normalized spacial score (nSPS) is 17.2. The van der Waals surface area contributed by atoms with E-state index < -0.39 is 0 Å². The molecule has 0 spiro atoms. The third-order valence-electron chi connectivity index (χ3n) is 3.64. The Morgan fingerprint density at radius 3 is 2.61 bits per heavy atom. The minimum atomic E-state index is -0.0583. The average Bonchev–Trinajstić information content (AvgIpc) is 2.38. The number of nitrogens with two attached hydrogens (primary N) is 1. The number of anilines is 1. The van der Waals surface area contributed by atoms with E-state index in [2.05, 4.69) is 23.8 Å². The van der Waals surface area contributed by atoms with Crippen LogP contribution in [0.15, 0.2) is 12.4 Å². The van der Waals surface area contributed by atoms with Gasteiger partial charge in [-0.15, -0.1) is 0 Å². The molecular formula is C13H20N4O. The summed E-state index contributed by atoms with van der Waals surface area (Å²) in [6.07, 6.45) is 5.06. The number of carbonyl (C=O) groups is 1. The van der Waals surface area contributed by atoms with E-state index in [0.29, 0.717) is 11.6 Å². The van der Waals surface area contributed by atoms with Gasteiger partial charge in [0.25, 0.3) is 5.91 Å². The highest BCUT2D eigenvalue weighted by Crippen LogP contribution is 2.25. The van der Waals surface area contributed by atoms with Crippen LogP contribution < -0.4 is 5.73 Å². The molecule has 0 unspecified atom stereocenters. The molecule has 98 valence electrons. The van der Waals surface area contributed by atoms with E-state index in [9.17, 15) is 4.79 Å². The molecule has 2 N–H and O–H groups in total. The summed E-state index contributed by atoms with van der Waals surface area (Å²) >= 11 is 0. The summed E-state index contributed by atoms with van der Waals surface area (Å²) in [5.41, 5.74) is 5.89. The summed E-state index contributed by atoms with van der Waals surface area (Å²) < 4.78 is 0. The van der Waals surface area contributed by atoms with Crippen LogP contribution >= 0.6 is 0 Å². The second-order valence-corrected chi connectivity index (χ2v) is 5.20. The molecule has 0 radical (unpaired) electrons. The molecule has 1 aromatic rings. The van der Waals surface area contributed by atoms with Gasteiger partial charge in [0, 0.05) is 13.1 Å². The van der Waals surface area contributed by atoms with Crippen molar-refractivity contribution < 1.29 is 4.79 Å². The predicted octanol–water partition coefficient (Wildman–Crippen LogP) is 1.57. The van der Waals surface area contributed by atoms with Crippen LogP contribution in [0.5, 0.6) is 0 Å². The number of hydrogen-bond acceptors (Lipinski definition) is 4. The van der Waals surface area contributed by atoms with Crippen molar-refractivity contribution in [1.82, 2.24) is 14.9 Å². The zero-order valence-corrected chi connectivity index (χ0v) is 11.0. The summed E-state index contributed by atoms with van der Waals surface area (Å²) in [6.45, 7) is 6.09. The molecule has 2 heterocycles. The lowest BCUT2D eigenvalue weighted by Gasteiger charge is -2.33. The fourth-order valence-electron chi connectivity index (χ4n) is 2.42. The molecule has 1 saturated heterocycles. The van der Waals surface area contributed by atoms with Gasteiger partial charge >= 0.3 is 0 Å². The van der Waals surface area contributed by atoms with E-state index >= 15 is 0 Å². The van der Waals surface area contributed by atoms with Crippen molar-refractivity contribution in [2.45, 2.75) is 26.7 Å². The molecule has 0 aliphatic carbocycles. The Balaban J connectivity index is 1.99. The van der Waals surface area contributed by atoms with Crippen molar-refractivity contribution in [1.29, 1.82) is 0 Å². The summed E-state index contributed by atoms with van der Waals surface area (Å²) in [4.78, 5) is 22.0. The van der Waals surface area contributed by atoms with E-state index in [4.69, 9.17) is 5.73 Å². The first kappa shape index (κ1) is 12.8. The first-order chi connectivity index (χ1) is 8.58. The first-order valence-electron chi connectivity index (χ1n) is 6.44. The Hall–Kier alpha value is -1.65. The third-order valence-corrected chi connectivity index (χ3v) is 3.64. The van der Waals surface area contributed by atoms with E-state index in [0.717, 1.165) is 31.8 Å². The zero-order valence-electron chi connectivity index (χ0n) is 11.0. The number of piperidine rings is 1. The fourth-order valence-corrected chi connectivity index (χ4v) is 2.42. The molecule has 18 heavy (non-hydrogen) atoms. The Labute approximate surface area is 107 Å². The molecule has 0 saturated carbocycles. The SMILES string of the molecule is CC(C)C1CCN(C(=O)c2cncc(N)n2)CC1. The van der Waals surface area contributed by atoms with Crippen LogP contribution in [0.4, 0.5) is 5.82 Å². The largest absolute Gasteiger partial charge is 0.382 e. The summed E-state index contributed by atoms with van der Waals surface area (Å²) in [5, 5.41) is 0. The Kier molecular flexibility index (Phi) is 3.79. The van der Waals surface area contributed by atoms with Gasteiger partial charge in [0.2, 0.25) is 0 Å². The lowest BCUT2D eigenvalue weighted by molar-refractivity contribution is 0.0661. The van der Waals surface area contributed by atoms with Crippen LogP contribution in [0.2, 0.25) is 0 Å². The number of likely N-dealkylation sites (tertiary alicyclic amines) is 1. The highest BCUT2D eigenvalue weighted by Gasteiger charge is 2.25. The lowest BCUT2D eigenvalue weighted by atomic mass is 9.86. The van der Waals surface area contributed by atoms with Gasteiger partial charge in [0.05, 0.1) is 12.4 Å². The standard InChI is InChI=1S/C13H20N4O/c1-9(2)10-3-5-17(6-4-10)13(18)11-7-15-8-12(14)16-11/h7-10H,3-6H2,1-2H3,(H2,14,16). The van der Waals surface area contributed by atoms with Crippen LogP contribution in [0.25, 0.3) is 0 Å². The van der Waals surface area contributed by atoms with Gasteiger partial charge in [-0.05, 0) is 24.7 Å². The Morgan fingerprint density at radius 2 is 2.06 bits per heavy atom. The summed E-state index contributed by atoms with van der Waals surface area (Å²) in [5.74, 6) is 1.64. The van der Waals surface area contributed by atoms with Crippen LogP contribution in [-0.4, -0.2) is 33.9 Å². The number of rotatable bonds is 2. The van der Waals surface area contributed by atoms with Crippen molar-refractivity contribution in [3.63, 3.8) is 0 Å². The molecule has 1 aromatic heterocycles. The van der Waals surface area contributed by atoms with Gasteiger partial charge in [-0.1, -0.05) is 13.8 Å². The molecule has 2 rings (SSSR count). The van der Waals surface area contributed by atoms with Crippen LogP contribution in [0.3, 0.4) is 0 Å². The van der Waals surface area contributed by atoms with Gasteiger partial charge in [-0.3, -0.25) is 9.78 Å². The van der Waals surface area contributed by atoms with Gasteiger partial charge in [-0.25, -0.2) is 4.98 Å². The first-order valence-corrected chi connectivity index (χ1v) is 6.44. The minimum absolute atomic E-state index is 0.0583. The summed E-state index contributed by atoms with van der Waals surface area (Å²) in [7, 11) is 0. The van der Waals surface area contributed by atoms with E-state index in [1.807, 2.05) is 4.90 Å². The Morgan fingerprint density at radius 1 is 1.39 bits per heavy atom. The van der Waals surface area contributed by atoms with Crippen LogP contribution in [0.1, 0.15) is 37.2 Å². The minimum Gasteiger partial charge on any atom is -0.382 e. The zero-order chi connectivity index (χ0) is 13.1. The maximum absolute atomic E-state index is 12.2. The second-order valence-electron chi connectivity index (χ2n) is 5.20. The smallest absolute Gasteiger partial charge is 0.274 e. The fraction of sp³-hybridized carbons (Fsp3) is 0.615. The highest BCUT2D eigenvalue weighted by molar-refractivity contribution is 5.92. The molecule has 5 nitrogen and oxygen atoms in total. The van der Waals surface area contributed by atoms with E-state index in [-0.39, 0.29) is 11.7 Å². The second kappa shape index (κ2) is 5.33. The molecule has 0 atom stereocenters. The van der Waals surface area contributed by atoms with Gasteiger partial charge in [0.1, 0.15) is 11.5 Å². The molecule has 1 amide bonds. The maximum atomic E-state index is 12.2. The van der Waals surface area contributed by atoms with Crippen LogP contribution in [-0.2, 0) is 0 Å². The van der Waals surface area contributed by atoms with Crippen LogP contribution in [0, 0.1) is 11.8 Å².